The van der Waals surface area contributed by atoms with Gasteiger partial charge >= 0.3 is 0 Å². The second-order valence-electron chi connectivity index (χ2n) is 6.69. The van der Waals surface area contributed by atoms with Gasteiger partial charge in [-0.15, -0.1) is 0 Å². The van der Waals surface area contributed by atoms with Crippen LogP contribution in [0.5, 0.6) is 0 Å². The molecule has 0 radical (unpaired) electrons. The van der Waals surface area contributed by atoms with Crippen LogP contribution in [-0.4, -0.2) is 28.1 Å². The molecule has 1 aliphatic rings. The highest BCUT2D eigenvalue weighted by atomic mass is 19.1. The molecule has 0 spiro atoms. The number of aliphatic hydroxyl groups excluding tert-OH is 1. The smallest absolute Gasteiger partial charge is 0.268 e. The molecule has 2 aromatic carbocycles. The Bertz CT molecular complexity index is 1040. The lowest BCUT2D eigenvalue weighted by Crippen LogP contribution is -2.52. The highest BCUT2D eigenvalue weighted by Crippen LogP contribution is 2.30. The number of nitrogens with one attached hydrogen (secondary N) is 2. The lowest BCUT2D eigenvalue weighted by Gasteiger charge is -2.27. The van der Waals surface area contributed by atoms with E-state index < -0.39 is 17.3 Å². The third-order valence-corrected chi connectivity index (χ3v) is 4.97. The Balaban J connectivity index is 1.65. The Morgan fingerprint density at radius 2 is 1.96 bits per heavy atom. The van der Waals surface area contributed by atoms with Crippen molar-refractivity contribution >= 4 is 16.8 Å². The number of rotatable bonds is 3. The lowest BCUT2D eigenvalue weighted by atomic mass is 9.96. The summed E-state index contributed by atoms with van der Waals surface area (Å²) < 4.78 is 13.8. The lowest BCUT2D eigenvalue weighted by molar-refractivity contribution is 0.0838. The van der Waals surface area contributed by atoms with Gasteiger partial charge in [0, 0.05) is 10.9 Å². The number of halogens is 1. The summed E-state index contributed by atoms with van der Waals surface area (Å²) in [6.07, 6.45) is 1.09. The summed E-state index contributed by atoms with van der Waals surface area (Å²) in [6.45, 7) is -0.189. The number of aliphatic hydroxyl groups is 1. The maximum absolute atomic E-state index is 13.8. The number of aromatic amines is 1. The summed E-state index contributed by atoms with van der Waals surface area (Å²) in [4.78, 5) is 15.7. The Labute approximate surface area is 149 Å². The third-order valence-electron chi connectivity index (χ3n) is 4.97. The molecule has 1 aromatic heterocycles. The number of fused-ring (bicyclic) bond motifs is 2. The molecule has 6 heteroatoms. The van der Waals surface area contributed by atoms with Crippen LogP contribution in [0.3, 0.4) is 0 Å². The fraction of sp³-hybridized carbons (Fsp3) is 0.200. The molecule has 0 saturated carbocycles. The highest BCUT2D eigenvalue weighted by molar-refractivity contribution is 5.99. The van der Waals surface area contributed by atoms with Gasteiger partial charge in [0.05, 0.1) is 17.7 Å². The number of hydrogen-bond donors (Lipinski definition) is 3. The zero-order valence-electron chi connectivity index (χ0n) is 13.8. The number of nitriles is 1. The number of H-pyrrole nitrogens is 1. The number of carbonyl (C=O) groups is 1. The first-order valence-corrected chi connectivity index (χ1v) is 8.27. The minimum Gasteiger partial charge on any atom is -0.394 e. The zero-order valence-corrected chi connectivity index (χ0v) is 13.8. The normalized spacial score (nSPS) is 14.8. The minimum absolute atomic E-state index is 0.0945. The third kappa shape index (κ3) is 2.54. The van der Waals surface area contributed by atoms with Crippen molar-refractivity contribution in [1.29, 1.82) is 5.26 Å². The van der Waals surface area contributed by atoms with E-state index in [9.17, 15) is 14.3 Å². The zero-order chi connectivity index (χ0) is 18.3. The Morgan fingerprint density at radius 1 is 1.27 bits per heavy atom. The fourth-order valence-electron chi connectivity index (χ4n) is 3.66. The van der Waals surface area contributed by atoms with Gasteiger partial charge in [-0.1, -0.05) is 24.3 Å². The maximum Gasteiger partial charge on any atom is 0.268 e. The van der Waals surface area contributed by atoms with Crippen molar-refractivity contribution in [3.05, 3.63) is 70.7 Å². The summed E-state index contributed by atoms with van der Waals surface area (Å²) in [7, 11) is 0. The van der Waals surface area contributed by atoms with Crippen LogP contribution in [-0.2, 0) is 12.8 Å². The molecular weight excluding hydrogens is 333 g/mol. The Morgan fingerprint density at radius 3 is 2.58 bits per heavy atom. The first-order valence-electron chi connectivity index (χ1n) is 8.27. The molecule has 0 unspecified atom stereocenters. The largest absolute Gasteiger partial charge is 0.394 e. The van der Waals surface area contributed by atoms with E-state index in [0.29, 0.717) is 23.7 Å². The van der Waals surface area contributed by atoms with Gasteiger partial charge in [-0.2, -0.15) is 5.26 Å². The van der Waals surface area contributed by atoms with Crippen LogP contribution in [0.15, 0.2) is 42.5 Å². The molecule has 1 amide bonds. The number of hydrogen-bond acceptors (Lipinski definition) is 3. The van der Waals surface area contributed by atoms with Crippen molar-refractivity contribution in [3.8, 4) is 6.07 Å². The molecule has 0 bridgehead atoms. The van der Waals surface area contributed by atoms with E-state index in [1.807, 2.05) is 30.3 Å². The van der Waals surface area contributed by atoms with Crippen LogP contribution in [0.25, 0.3) is 10.9 Å². The molecule has 1 heterocycles. The Kier molecular flexibility index (Phi) is 3.74. The predicted molar refractivity (Wildman–Crippen MR) is 94.1 cm³/mol. The van der Waals surface area contributed by atoms with Crippen LogP contribution in [0.1, 0.15) is 27.2 Å². The first kappa shape index (κ1) is 16.3. The van der Waals surface area contributed by atoms with Crippen molar-refractivity contribution in [2.45, 2.75) is 18.4 Å². The maximum atomic E-state index is 13.8. The molecule has 4 rings (SSSR count). The molecule has 5 nitrogen and oxygen atoms in total. The second kappa shape index (κ2) is 5.97. The van der Waals surface area contributed by atoms with Crippen LogP contribution >= 0.6 is 0 Å². The molecule has 0 fully saturated rings. The molecule has 3 aromatic rings. The van der Waals surface area contributed by atoms with Crippen LogP contribution in [0.4, 0.5) is 4.39 Å². The molecule has 1 aliphatic carbocycles. The van der Waals surface area contributed by atoms with E-state index in [1.54, 1.807) is 0 Å². The summed E-state index contributed by atoms with van der Waals surface area (Å²) in [5.74, 6) is -1.02. The van der Waals surface area contributed by atoms with Gasteiger partial charge in [-0.25, -0.2) is 4.39 Å². The van der Waals surface area contributed by atoms with Crippen molar-refractivity contribution in [3.63, 3.8) is 0 Å². The van der Waals surface area contributed by atoms with Crippen molar-refractivity contribution in [1.82, 2.24) is 10.3 Å². The van der Waals surface area contributed by atoms with E-state index in [2.05, 4.69) is 10.3 Å². The monoisotopic (exact) mass is 349 g/mol. The van der Waals surface area contributed by atoms with Gasteiger partial charge in [0.2, 0.25) is 0 Å². The average molecular weight is 349 g/mol. The fourth-order valence-corrected chi connectivity index (χ4v) is 3.66. The number of benzene rings is 2. The number of nitrogens with zero attached hydrogens (tertiary/aromatic N) is 1. The highest BCUT2D eigenvalue weighted by Gasteiger charge is 2.38. The SMILES string of the molecule is N#Cc1c(F)ccc2[nH]c(C(=O)NC3(CO)Cc4ccccc4C3)cc12. The first-order chi connectivity index (χ1) is 12.5. The van der Waals surface area contributed by atoms with E-state index in [4.69, 9.17) is 5.26 Å². The van der Waals surface area contributed by atoms with E-state index in [-0.39, 0.29) is 17.9 Å². The van der Waals surface area contributed by atoms with Crippen molar-refractivity contribution in [2.24, 2.45) is 0 Å². The molecule has 3 N–H and O–H groups in total. The second-order valence-corrected chi connectivity index (χ2v) is 6.69. The van der Waals surface area contributed by atoms with Crippen molar-refractivity contribution in [2.75, 3.05) is 6.61 Å². The quantitative estimate of drug-likeness (QED) is 0.678. The molecule has 130 valence electrons. The van der Waals surface area contributed by atoms with Crippen molar-refractivity contribution < 1.29 is 14.3 Å². The van der Waals surface area contributed by atoms with E-state index in [0.717, 1.165) is 11.1 Å². The van der Waals surface area contributed by atoms with Gasteiger partial charge in [-0.3, -0.25) is 4.79 Å². The minimum atomic E-state index is -0.763. The molecule has 0 saturated heterocycles. The molecule has 0 aliphatic heterocycles. The predicted octanol–water partition coefficient (Wildman–Crippen LogP) is 2.44. The summed E-state index contributed by atoms with van der Waals surface area (Å²) in [6, 6.07) is 13.8. The average Bonchev–Trinajstić information content (AvgIpc) is 3.23. The number of amides is 1. The van der Waals surface area contributed by atoms with E-state index in [1.165, 1.54) is 18.2 Å². The summed E-state index contributed by atoms with van der Waals surface area (Å²) in [5, 5.41) is 22.3. The molecule has 26 heavy (non-hydrogen) atoms. The summed E-state index contributed by atoms with van der Waals surface area (Å²) >= 11 is 0. The molecule has 0 atom stereocenters. The number of aromatic nitrogens is 1. The Hall–Kier alpha value is -3.17. The summed E-state index contributed by atoms with van der Waals surface area (Å²) in [5.41, 5.74) is 2.09. The van der Waals surface area contributed by atoms with Gasteiger partial charge in [0.1, 0.15) is 17.6 Å². The van der Waals surface area contributed by atoms with Gasteiger partial charge in [0.15, 0.2) is 0 Å². The van der Waals surface area contributed by atoms with Gasteiger partial charge in [0.25, 0.3) is 5.91 Å². The topological polar surface area (TPSA) is 88.9 Å². The molecular formula is C20H16FN3O2. The standard InChI is InChI=1S/C20H16FN3O2/c21-16-5-6-17-14(15(16)10-22)7-18(23-17)19(26)24-20(11-25)8-12-3-1-2-4-13(12)9-20/h1-7,23,25H,8-9,11H2,(H,24,26). The van der Waals surface area contributed by atoms with E-state index >= 15 is 0 Å². The van der Waals surface area contributed by atoms with Crippen LogP contribution < -0.4 is 5.32 Å². The van der Waals surface area contributed by atoms with Gasteiger partial charge < -0.3 is 15.4 Å². The number of carbonyl (C=O) groups excluding carboxylic acids is 1. The van der Waals surface area contributed by atoms with Crippen LogP contribution in [0.2, 0.25) is 0 Å². The van der Waals surface area contributed by atoms with Gasteiger partial charge in [-0.05, 0) is 42.2 Å². The van der Waals surface area contributed by atoms with Crippen LogP contribution in [0, 0.1) is 17.1 Å².